The average molecular weight is 240 g/mol. The molecular formula is C13H24N2O2. The molecule has 4 nitrogen and oxygen atoms in total. The lowest BCUT2D eigenvalue weighted by Crippen LogP contribution is -2.44. The van der Waals surface area contributed by atoms with Crippen molar-refractivity contribution >= 4 is 5.91 Å². The van der Waals surface area contributed by atoms with Crippen LogP contribution in [0.3, 0.4) is 0 Å². The van der Waals surface area contributed by atoms with Crippen LogP contribution in [0, 0.1) is 5.92 Å². The Balaban J connectivity index is 1.83. The molecule has 17 heavy (non-hydrogen) atoms. The first-order valence-electron chi connectivity index (χ1n) is 6.92. The van der Waals surface area contributed by atoms with Gasteiger partial charge in [0.1, 0.15) is 6.10 Å². The number of amides is 1. The van der Waals surface area contributed by atoms with Crippen LogP contribution in [0.1, 0.15) is 32.6 Å². The number of nitrogens with zero attached hydrogens (tertiary/aromatic N) is 1. The fourth-order valence-electron chi connectivity index (χ4n) is 2.74. The summed E-state index contributed by atoms with van der Waals surface area (Å²) in [6, 6.07) is 0. The molecule has 2 rings (SSSR count). The molecule has 0 bridgehead atoms. The fraction of sp³-hybridized carbons (Fsp3) is 0.923. The maximum absolute atomic E-state index is 12.2. The molecule has 2 unspecified atom stereocenters. The third-order valence-electron chi connectivity index (χ3n) is 3.78. The van der Waals surface area contributed by atoms with Crippen molar-refractivity contribution in [3.8, 4) is 0 Å². The van der Waals surface area contributed by atoms with E-state index in [-0.39, 0.29) is 12.0 Å². The van der Waals surface area contributed by atoms with E-state index in [9.17, 15) is 4.79 Å². The summed E-state index contributed by atoms with van der Waals surface area (Å²) in [7, 11) is 0. The van der Waals surface area contributed by atoms with Gasteiger partial charge in [-0.15, -0.1) is 0 Å². The van der Waals surface area contributed by atoms with E-state index in [1.807, 2.05) is 4.90 Å². The van der Waals surface area contributed by atoms with E-state index in [0.717, 1.165) is 45.6 Å². The number of hydrogen-bond donors (Lipinski definition) is 1. The number of carbonyl (C=O) groups is 1. The molecule has 0 aliphatic carbocycles. The van der Waals surface area contributed by atoms with E-state index in [1.54, 1.807) is 0 Å². The number of piperidine rings is 1. The summed E-state index contributed by atoms with van der Waals surface area (Å²) in [5.74, 6) is 0.824. The molecule has 2 atom stereocenters. The zero-order valence-corrected chi connectivity index (χ0v) is 10.8. The summed E-state index contributed by atoms with van der Waals surface area (Å²) >= 11 is 0. The summed E-state index contributed by atoms with van der Waals surface area (Å²) in [6.45, 7) is 6.68. The molecule has 0 aromatic heterocycles. The zero-order valence-electron chi connectivity index (χ0n) is 10.8. The topological polar surface area (TPSA) is 41.6 Å². The van der Waals surface area contributed by atoms with E-state index in [0.29, 0.717) is 5.92 Å². The van der Waals surface area contributed by atoms with E-state index in [2.05, 4.69) is 12.2 Å². The second-order valence-electron chi connectivity index (χ2n) is 5.09. The minimum atomic E-state index is -0.161. The Kier molecular flexibility index (Phi) is 4.80. The van der Waals surface area contributed by atoms with Crippen LogP contribution in [-0.4, -0.2) is 49.7 Å². The maximum Gasteiger partial charge on any atom is 0.251 e. The average Bonchev–Trinajstić information content (AvgIpc) is 2.90. The van der Waals surface area contributed by atoms with Crippen LogP contribution in [0.25, 0.3) is 0 Å². The van der Waals surface area contributed by atoms with E-state index < -0.39 is 0 Å². The van der Waals surface area contributed by atoms with Gasteiger partial charge in [-0.3, -0.25) is 4.79 Å². The first kappa shape index (κ1) is 12.8. The minimum absolute atomic E-state index is 0.161. The second-order valence-corrected chi connectivity index (χ2v) is 5.09. The molecule has 1 amide bonds. The number of likely N-dealkylation sites (N-methyl/N-ethyl adjacent to an activating group) is 1. The number of ether oxygens (including phenoxy) is 1. The Morgan fingerprint density at radius 2 is 2.29 bits per heavy atom. The second kappa shape index (κ2) is 6.36. The van der Waals surface area contributed by atoms with Crippen molar-refractivity contribution in [3.05, 3.63) is 0 Å². The molecule has 4 heteroatoms. The van der Waals surface area contributed by atoms with Crippen LogP contribution in [0.4, 0.5) is 0 Å². The van der Waals surface area contributed by atoms with Crippen LogP contribution >= 0.6 is 0 Å². The molecule has 2 heterocycles. The first-order valence-corrected chi connectivity index (χ1v) is 6.92. The Morgan fingerprint density at radius 3 is 2.88 bits per heavy atom. The van der Waals surface area contributed by atoms with Gasteiger partial charge in [0, 0.05) is 19.7 Å². The number of hydrogen-bond acceptors (Lipinski definition) is 3. The predicted molar refractivity (Wildman–Crippen MR) is 66.8 cm³/mol. The van der Waals surface area contributed by atoms with Crippen LogP contribution in [0.2, 0.25) is 0 Å². The molecular weight excluding hydrogens is 216 g/mol. The van der Waals surface area contributed by atoms with Crippen LogP contribution < -0.4 is 5.32 Å². The largest absolute Gasteiger partial charge is 0.368 e. The molecule has 2 fully saturated rings. The van der Waals surface area contributed by atoms with Gasteiger partial charge in [-0.2, -0.15) is 0 Å². The minimum Gasteiger partial charge on any atom is -0.368 e. The highest BCUT2D eigenvalue weighted by Gasteiger charge is 2.29. The third-order valence-corrected chi connectivity index (χ3v) is 3.78. The van der Waals surface area contributed by atoms with Crippen molar-refractivity contribution in [1.82, 2.24) is 10.2 Å². The Labute approximate surface area is 104 Å². The highest BCUT2D eigenvalue weighted by Crippen LogP contribution is 2.17. The lowest BCUT2D eigenvalue weighted by molar-refractivity contribution is -0.141. The lowest BCUT2D eigenvalue weighted by Gasteiger charge is -2.30. The quantitative estimate of drug-likeness (QED) is 0.797. The van der Waals surface area contributed by atoms with Crippen molar-refractivity contribution in [2.24, 2.45) is 5.92 Å². The SMILES string of the molecule is CCN(CC1CCCNC1)C(=O)C1CCCO1. The highest BCUT2D eigenvalue weighted by molar-refractivity contribution is 5.81. The van der Waals surface area contributed by atoms with Crippen molar-refractivity contribution in [2.75, 3.05) is 32.8 Å². The zero-order chi connectivity index (χ0) is 12.1. The molecule has 98 valence electrons. The van der Waals surface area contributed by atoms with E-state index in [4.69, 9.17) is 4.74 Å². The van der Waals surface area contributed by atoms with E-state index >= 15 is 0 Å². The molecule has 1 N–H and O–H groups in total. The molecule has 0 spiro atoms. The normalized spacial score (nSPS) is 29.2. The van der Waals surface area contributed by atoms with Gasteiger partial charge in [0.05, 0.1) is 0 Å². The molecule has 2 aliphatic heterocycles. The summed E-state index contributed by atoms with van der Waals surface area (Å²) < 4.78 is 5.48. The number of nitrogens with one attached hydrogen (secondary N) is 1. The van der Waals surface area contributed by atoms with E-state index in [1.165, 1.54) is 12.8 Å². The number of rotatable bonds is 4. The summed E-state index contributed by atoms with van der Waals surface area (Å²) in [4.78, 5) is 14.2. The van der Waals surface area contributed by atoms with Gasteiger partial charge in [-0.1, -0.05) is 0 Å². The van der Waals surface area contributed by atoms with Crippen molar-refractivity contribution < 1.29 is 9.53 Å². The standard InChI is InChI=1S/C13H24N2O2/c1-2-15(10-11-5-3-7-14-9-11)13(16)12-6-4-8-17-12/h11-12,14H,2-10H2,1H3. The lowest BCUT2D eigenvalue weighted by atomic mass is 9.99. The van der Waals surface area contributed by atoms with Gasteiger partial charge in [0.15, 0.2) is 0 Å². The van der Waals surface area contributed by atoms with Gasteiger partial charge in [0.25, 0.3) is 5.91 Å². The molecule has 2 aliphatic rings. The van der Waals surface area contributed by atoms with Crippen LogP contribution in [0.15, 0.2) is 0 Å². The Morgan fingerprint density at radius 1 is 1.41 bits per heavy atom. The predicted octanol–water partition coefficient (Wildman–Crippen LogP) is 1.01. The molecule has 0 aromatic rings. The number of carbonyl (C=O) groups excluding carboxylic acids is 1. The highest BCUT2D eigenvalue weighted by atomic mass is 16.5. The van der Waals surface area contributed by atoms with Crippen LogP contribution in [0.5, 0.6) is 0 Å². The first-order chi connectivity index (χ1) is 8.31. The molecule has 0 saturated carbocycles. The van der Waals surface area contributed by atoms with Crippen molar-refractivity contribution in [3.63, 3.8) is 0 Å². The molecule has 0 radical (unpaired) electrons. The smallest absolute Gasteiger partial charge is 0.251 e. The van der Waals surface area contributed by atoms with Gasteiger partial charge in [-0.05, 0) is 51.6 Å². The maximum atomic E-state index is 12.2. The third kappa shape index (κ3) is 3.42. The molecule has 2 saturated heterocycles. The monoisotopic (exact) mass is 240 g/mol. The Bertz CT molecular complexity index is 246. The summed E-state index contributed by atoms with van der Waals surface area (Å²) in [5, 5.41) is 3.40. The fourth-order valence-corrected chi connectivity index (χ4v) is 2.74. The van der Waals surface area contributed by atoms with Gasteiger partial charge in [-0.25, -0.2) is 0 Å². The van der Waals surface area contributed by atoms with Crippen molar-refractivity contribution in [2.45, 2.75) is 38.7 Å². The Hall–Kier alpha value is -0.610. The summed E-state index contributed by atoms with van der Waals surface area (Å²) in [5.41, 5.74) is 0. The van der Waals surface area contributed by atoms with Crippen LogP contribution in [-0.2, 0) is 9.53 Å². The molecule has 0 aromatic carbocycles. The van der Waals surface area contributed by atoms with Gasteiger partial charge in [0.2, 0.25) is 0 Å². The summed E-state index contributed by atoms with van der Waals surface area (Å²) in [6.07, 6.45) is 4.24. The van der Waals surface area contributed by atoms with Gasteiger partial charge < -0.3 is 15.0 Å². The van der Waals surface area contributed by atoms with Gasteiger partial charge >= 0.3 is 0 Å². The van der Waals surface area contributed by atoms with Crippen molar-refractivity contribution in [1.29, 1.82) is 0 Å².